The van der Waals surface area contributed by atoms with Crippen molar-refractivity contribution in [1.29, 1.82) is 0 Å². The summed E-state index contributed by atoms with van der Waals surface area (Å²) >= 11 is 0. The van der Waals surface area contributed by atoms with E-state index in [1.807, 2.05) is 0 Å². The van der Waals surface area contributed by atoms with Crippen LogP contribution in [0.3, 0.4) is 0 Å². The summed E-state index contributed by atoms with van der Waals surface area (Å²) < 4.78 is 24.6. The highest BCUT2D eigenvalue weighted by Crippen LogP contribution is 2.16. The van der Waals surface area contributed by atoms with Crippen LogP contribution in [0.25, 0.3) is 0 Å². The van der Waals surface area contributed by atoms with Crippen molar-refractivity contribution in [3.05, 3.63) is 42.0 Å². The van der Waals surface area contributed by atoms with E-state index in [-0.39, 0.29) is 6.03 Å². The molecule has 0 fully saturated rings. The second-order valence-corrected chi connectivity index (χ2v) is 7.53. The van der Waals surface area contributed by atoms with Crippen molar-refractivity contribution in [3.8, 4) is 0 Å². The highest BCUT2D eigenvalue weighted by Gasteiger charge is 2.11. The molecule has 23 heavy (non-hydrogen) atoms. The molecule has 2 amide bonds. The Labute approximate surface area is 137 Å². The van der Waals surface area contributed by atoms with Crippen LogP contribution in [-0.4, -0.2) is 27.2 Å². The fraction of sp³-hybridized carbons (Fsp3) is 0.438. The summed E-state index contributed by atoms with van der Waals surface area (Å²) in [5, 5.41) is 5.69. The predicted octanol–water partition coefficient (Wildman–Crippen LogP) is 2.21. The van der Waals surface area contributed by atoms with Crippen LogP contribution in [0.1, 0.15) is 24.8 Å². The number of carbonyl (C=O) groups excluding carboxylic acids is 1. The molecule has 1 aliphatic rings. The van der Waals surface area contributed by atoms with Gasteiger partial charge in [-0.1, -0.05) is 24.3 Å². The van der Waals surface area contributed by atoms with Crippen LogP contribution in [0, 0.1) is 5.92 Å². The standard InChI is InChI=1S/C16H23N3O3S/c1-23(21,22)19-15-9-7-14(8-10-15)12-18-16(20)17-11-13-5-3-2-4-6-13/h2-3,7-10,13,19H,4-6,11-12H2,1H3,(H2,17,18,20). The van der Waals surface area contributed by atoms with Gasteiger partial charge < -0.3 is 10.6 Å². The highest BCUT2D eigenvalue weighted by atomic mass is 32.2. The summed E-state index contributed by atoms with van der Waals surface area (Å²) in [6.07, 6.45) is 8.68. The summed E-state index contributed by atoms with van der Waals surface area (Å²) in [6, 6.07) is 6.71. The van der Waals surface area contributed by atoms with E-state index >= 15 is 0 Å². The molecule has 1 aromatic rings. The molecule has 126 valence electrons. The summed E-state index contributed by atoms with van der Waals surface area (Å²) in [5.74, 6) is 0.520. The topological polar surface area (TPSA) is 87.3 Å². The third-order valence-electron chi connectivity index (χ3n) is 3.64. The lowest BCUT2D eigenvalue weighted by molar-refractivity contribution is 0.238. The molecule has 1 unspecified atom stereocenters. The first kappa shape index (κ1) is 17.3. The van der Waals surface area contributed by atoms with E-state index in [1.165, 1.54) is 0 Å². The zero-order chi connectivity index (χ0) is 16.7. The van der Waals surface area contributed by atoms with Gasteiger partial charge in [-0.25, -0.2) is 13.2 Å². The van der Waals surface area contributed by atoms with Gasteiger partial charge in [-0.15, -0.1) is 0 Å². The molecule has 6 nitrogen and oxygen atoms in total. The van der Waals surface area contributed by atoms with E-state index in [9.17, 15) is 13.2 Å². The molecule has 0 aromatic heterocycles. The van der Waals surface area contributed by atoms with Crippen LogP contribution in [0.2, 0.25) is 0 Å². The van der Waals surface area contributed by atoms with Crippen molar-refractivity contribution >= 4 is 21.7 Å². The van der Waals surface area contributed by atoms with Crippen molar-refractivity contribution < 1.29 is 13.2 Å². The molecule has 2 rings (SSSR count). The third kappa shape index (κ3) is 6.73. The number of anilines is 1. The largest absolute Gasteiger partial charge is 0.338 e. The van der Waals surface area contributed by atoms with E-state index < -0.39 is 10.0 Å². The lowest BCUT2D eigenvalue weighted by Crippen LogP contribution is -2.38. The molecule has 1 aromatic carbocycles. The van der Waals surface area contributed by atoms with Crippen molar-refractivity contribution in [2.75, 3.05) is 17.5 Å². The lowest BCUT2D eigenvalue weighted by Gasteiger charge is -2.18. The lowest BCUT2D eigenvalue weighted by atomic mass is 9.94. The Balaban J connectivity index is 1.72. The molecule has 1 aliphatic carbocycles. The quantitative estimate of drug-likeness (QED) is 0.696. The van der Waals surface area contributed by atoms with Crippen molar-refractivity contribution in [1.82, 2.24) is 10.6 Å². The van der Waals surface area contributed by atoms with Crippen LogP contribution in [0.5, 0.6) is 0 Å². The zero-order valence-electron chi connectivity index (χ0n) is 13.2. The maximum absolute atomic E-state index is 11.8. The Morgan fingerprint density at radius 3 is 2.52 bits per heavy atom. The number of urea groups is 1. The van der Waals surface area contributed by atoms with Crippen molar-refractivity contribution in [3.63, 3.8) is 0 Å². The van der Waals surface area contributed by atoms with Crippen molar-refractivity contribution in [2.45, 2.75) is 25.8 Å². The predicted molar refractivity (Wildman–Crippen MR) is 91.6 cm³/mol. The molecule has 3 N–H and O–H groups in total. The van der Waals surface area contributed by atoms with E-state index in [0.29, 0.717) is 24.7 Å². The molecule has 0 spiro atoms. The number of benzene rings is 1. The van der Waals surface area contributed by atoms with E-state index in [4.69, 9.17) is 0 Å². The van der Waals surface area contributed by atoms with Gasteiger partial charge >= 0.3 is 6.03 Å². The fourth-order valence-corrected chi connectivity index (χ4v) is 2.99. The van der Waals surface area contributed by atoms with E-state index in [2.05, 4.69) is 27.5 Å². The molecule has 7 heteroatoms. The number of rotatable bonds is 6. The van der Waals surface area contributed by atoms with Crippen LogP contribution < -0.4 is 15.4 Å². The summed E-state index contributed by atoms with van der Waals surface area (Å²) in [6.45, 7) is 1.09. The van der Waals surface area contributed by atoms with Crippen LogP contribution in [-0.2, 0) is 16.6 Å². The summed E-state index contributed by atoms with van der Waals surface area (Å²) in [5.41, 5.74) is 1.41. The minimum Gasteiger partial charge on any atom is -0.338 e. The first-order chi connectivity index (χ1) is 10.9. The second-order valence-electron chi connectivity index (χ2n) is 5.79. The first-order valence-electron chi connectivity index (χ1n) is 7.66. The van der Waals surface area contributed by atoms with Gasteiger partial charge in [-0.05, 0) is 42.9 Å². The first-order valence-corrected chi connectivity index (χ1v) is 9.55. The fourth-order valence-electron chi connectivity index (χ4n) is 2.43. The van der Waals surface area contributed by atoms with Crippen molar-refractivity contribution in [2.24, 2.45) is 5.92 Å². The van der Waals surface area contributed by atoms with Crippen LogP contribution >= 0.6 is 0 Å². The smallest absolute Gasteiger partial charge is 0.315 e. The highest BCUT2D eigenvalue weighted by molar-refractivity contribution is 7.92. The molecule has 0 bridgehead atoms. The third-order valence-corrected chi connectivity index (χ3v) is 4.25. The summed E-state index contributed by atoms with van der Waals surface area (Å²) in [4.78, 5) is 11.8. The maximum Gasteiger partial charge on any atom is 0.315 e. The Morgan fingerprint density at radius 1 is 1.17 bits per heavy atom. The van der Waals surface area contributed by atoms with Gasteiger partial charge in [0, 0.05) is 18.8 Å². The zero-order valence-corrected chi connectivity index (χ0v) is 14.0. The Bertz CT molecular complexity index is 654. The van der Waals surface area contributed by atoms with Gasteiger partial charge in [0.2, 0.25) is 10.0 Å². The molecule has 0 heterocycles. The molecule has 1 atom stereocenters. The number of hydrogen-bond acceptors (Lipinski definition) is 3. The number of nitrogens with one attached hydrogen (secondary N) is 3. The van der Waals surface area contributed by atoms with Crippen LogP contribution in [0.15, 0.2) is 36.4 Å². The number of allylic oxidation sites excluding steroid dienone is 2. The number of sulfonamides is 1. The Morgan fingerprint density at radius 2 is 1.91 bits per heavy atom. The van der Waals surface area contributed by atoms with Gasteiger partial charge in [-0.3, -0.25) is 4.72 Å². The average Bonchev–Trinajstić information content (AvgIpc) is 2.52. The Kier molecular flexibility index (Phi) is 6.04. The van der Waals surface area contributed by atoms with Gasteiger partial charge in [-0.2, -0.15) is 0 Å². The normalized spacial score (nSPS) is 17.5. The molecular formula is C16H23N3O3S. The molecular weight excluding hydrogens is 314 g/mol. The van der Waals surface area contributed by atoms with Crippen LogP contribution in [0.4, 0.5) is 10.5 Å². The van der Waals surface area contributed by atoms with Gasteiger partial charge in [0.15, 0.2) is 0 Å². The Hall–Kier alpha value is -2.02. The minimum atomic E-state index is -3.27. The number of carbonyl (C=O) groups is 1. The summed E-state index contributed by atoms with van der Waals surface area (Å²) in [7, 11) is -3.27. The monoisotopic (exact) mass is 337 g/mol. The van der Waals surface area contributed by atoms with E-state index in [1.54, 1.807) is 24.3 Å². The SMILES string of the molecule is CS(=O)(=O)Nc1ccc(CNC(=O)NCC2CC=CCC2)cc1. The minimum absolute atomic E-state index is 0.183. The van der Waals surface area contributed by atoms with Gasteiger partial charge in [0.05, 0.1) is 6.26 Å². The molecule has 0 saturated carbocycles. The van der Waals surface area contributed by atoms with Gasteiger partial charge in [0.25, 0.3) is 0 Å². The number of amides is 2. The molecule has 0 aliphatic heterocycles. The number of hydrogen-bond donors (Lipinski definition) is 3. The average molecular weight is 337 g/mol. The van der Waals surface area contributed by atoms with Gasteiger partial charge in [0.1, 0.15) is 0 Å². The second kappa shape index (κ2) is 8.01. The molecule has 0 saturated heterocycles. The van der Waals surface area contributed by atoms with E-state index in [0.717, 1.165) is 31.1 Å². The maximum atomic E-state index is 11.8. The molecule has 0 radical (unpaired) electrons.